The lowest BCUT2D eigenvalue weighted by molar-refractivity contribution is -0.139. The Balaban J connectivity index is 1.61. The van der Waals surface area contributed by atoms with Gasteiger partial charge >= 0.3 is 11.8 Å². The molecule has 2 N–H and O–H groups in total. The Morgan fingerprint density at radius 2 is 1.65 bits per heavy atom. The molecule has 1 saturated heterocycles. The van der Waals surface area contributed by atoms with Gasteiger partial charge in [0.15, 0.2) is 0 Å². The third kappa shape index (κ3) is 6.49. The molecule has 3 rings (SSSR count). The number of benzene rings is 1. The first kappa shape index (κ1) is 22.7. The maximum atomic E-state index is 13.2. The standard InChI is InChI=1S/C23H30FN5O2/c1-17(2)14-26-22(30)23(31)27-16-21(18-4-3-9-25-15-18)29-12-10-28(11-13-29)20-7-5-19(24)6-8-20/h3-9,15,17,21H,10-14,16H2,1-2H3,(H,26,30)(H,27,31)/t21-/m0/s1. The van der Waals surface area contributed by atoms with Crippen molar-refractivity contribution in [1.29, 1.82) is 0 Å². The molecule has 1 atom stereocenters. The Kier molecular flexibility index (Phi) is 7.94. The van der Waals surface area contributed by atoms with E-state index >= 15 is 0 Å². The van der Waals surface area contributed by atoms with Crippen LogP contribution in [0.1, 0.15) is 25.5 Å². The first-order valence-electron chi connectivity index (χ1n) is 10.6. The zero-order valence-corrected chi connectivity index (χ0v) is 18.1. The van der Waals surface area contributed by atoms with Crippen molar-refractivity contribution in [1.82, 2.24) is 20.5 Å². The number of carbonyl (C=O) groups is 2. The van der Waals surface area contributed by atoms with Gasteiger partial charge in [-0.05, 0) is 41.8 Å². The molecule has 166 valence electrons. The number of pyridine rings is 1. The molecule has 31 heavy (non-hydrogen) atoms. The van der Waals surface area contributed by atoms with E-state index in [-0.39, 0.29) is 17.8 Å². The Morgan fingerprint density at radius 3 is 2.23 bits per heavy atom. The van der Waals surface area contributed by atoms with Crippen molar-refractivity contribution in [2.45, 2.75) is 19.9 Å². The van der Waals surface area contributed by atoms with E-state index in [4.69, 9.17) is 0 Å². The van der Waals surface area contributed by atoms with Gasteiger partial charge in [0.25, 0.3) is 0 Å². The molecule has 1 aliphatic heterocycles. The Bertz CT molecular complexity index is 852. The molecule has 1 aliphatic rings. The van der Waals surface area contributed by atoms with E-state index in [0.717, 1.165) is 37.4 Å². The molecule has 0 aliphatic carbocycles. The molecule has 8 heteroatoms. The molecule has 1 aromatic heterocycles. The number of halogens is 1. The largest absolute Gasteiger partial charge is 0.369 e. The Morgan fingerprint density at radius 1 is 1.00 bits per heavy atom. The van der Waals surface area contributed by atoms with Crippen molar-refractivity contribution in [3.63, 3.8) is 0 Å². The van der Waals surface area contributed by atoms with Gasteiger partial charge in [0.05, 0.1) is 6.04 Å². The van der Waals surface area contributed by atoms with Crippen molar-refractivity contribution in [3.8, 4) is 0 Å². The molecular formula is C23H30FN5O2. The minimum atomic E-state index is -0.625. The van der Waals surface area contributed by atoms with Gasteiger partial charge in [-0.15, -0.1) is 0 Å². The van der Waals surface area contributed by atoms with E-state index in [9.17, 15) is 14.0 Å². The van der Waals surface area contributed by atoms with Crippen LogP contribution in [0.25, 0.3) is 0 Å². The normalized spacial score (nSPS) is 15.5. The third-order valence-corrected chi connectivity index (χ3v) is 5.35. The van der Waals surface area contributed by atoms with Crippen LogP contribution in [0.3, 0.4) is 0 Å². The second kappa shape index (κ2) is 10.9. The molecule has 2 heterocycles. The summed E-state index contributed by atoms with van der Waals surface area (Å²) >= 11 is 0. The van der Waals surface area contributed by atoms with Crippen LogP contribution in [0.5, 0.6) is 0 Å². The summed E-state index contributed by atoms with van der Waals surface area (Å²) in [6, 6.07) is 10.3. The van der Waals surface area contributed by atoms with Gasteiger partial charge in [-0.3, -0.25) is 19.5 Å². The van der Waals surface area contributed by atoms with Crippen LogP contribution in [-0.2, 0) is 9.59 Å². The molecular weight excluding hydrogens is 397 g/mol. The summed E-state index contributed by atoms with van der Waals surface area (Å²) < 4.78 is 13.2. The second-order valence-corrected chi connectivity index (χ2v) is 8.12. The molecule has 0 unspecified atom stereocenters. The van der Waals surface area contributed by atoms with E-state index in [2.05, 4.69) is 25.4 Å². The molecule has 0 bridgehead atoms. The summed E-state index contributed by atoms with van der Waals surface area (Å²) in [5, 5.41) is 5.42. The summed E-state index contributed by atoms with van der Waals surface area (Å²) in [6.07, 6.45) is 3.51. The highest BCUT2D eigenvalue weighted by Gasteiger charge is 2.26. The van der Waals surface area contributed by atoms with Crippen molar-refractivity contribution in [2.24, 2.45) is 5.92 Å². The van der Waals surface area contributed by atoms with Crippen LogP contribution in [0, 0.1) is 11.7 Å². The minimum absolute atomic E-state index is 0.0917. The fourth-order valence-electron chi connectivity index (χ4n) is 3.62. The number of nitrogens with one attached hydrogen (secondary N) is 2. The van der Waals surface area contributed by atoms with E-state index < -0.39 is 11.8 Å². The van der Waals surface area contributed by atoms with Crippen molar-refractivity contribution in [3.05, 3.63) is 60.2 Å². The number of nitrogens with zero attached hydrogens (tertiary/aromatic N) is 3. The predicted octanol–water partition coefficient (Wildman–Crippen LogP) is 1.97. The average molecular weight is 428 g/mol. The predicted molar refractivity (Wildman–Crippen MR) is 118 cm³/mol. The van der Waals surface area contributed by atoms with E-state index in [0.29, 0.717) is 13.1 Å². The Labute approximate surface area is 182 Å². The lowest BCUT2D eigenvalue weighted by Gasteiger charge is -2.40. The van der Waals surface area contributed by atoms with E-state index in [1.807, 2.05) is 26.0 Å². The topological polar surface area (TPSA) is 77.6 Å². The summed E-state index contributed by atoms with van der Waals surface area (Å²) in [4.78, 5) is 33.0. The van der Waals surface area contributed by atoms with Gasteiger partial charge in [0.2, 0.25) is 0 Å². The number of carbonyl (C=O) groups excluding carboxylic acids is 2. The average Bonchev–Trinajstić information content (AvgIpc) is 2.79. The van der Waals surface area contributed by atoms with Gasteiger partial charge in [0.1, 0.15) is 5.82 Å². The summed E-state index contributed by atoms with van der Waals surface area (Å²) in [6.45, 7) is 7.83. The molecule has 2 amide bonds. The minimum Gasteiger partial charge on any atom is -0.369 e. The smallest absolute Gasteiger partial charge is 0.309 e. The van der Waals surface area contributed by atoms with Crippen LogP contribution in [0.15, 0.2) is 48.8 Å². The highest BCUT2D eigenvalue weighted by Crippen LogP contribution is 2.23. The number of hydrogen-bond donors (Lipinski definition) is 2. The lowest BCUT2D eigenvalue weighted by atomic mass is 10.1. The summed E-state index contributed by atoms with van der Waals surface area (Å²) in [5.41, 5.74) is 1.98. The maximum absolute atomic E-state index is 13.2. The third-order valence-electron chi connectivity index (χ3n) is 5.35. The van der Waals surface area contributed by atoms with Crippen molar-refractivity contribution < 1.29 is 14.0 Å². The monoisotopic (exact) mass is 427 g/mol. The molecule has 2 aromatic rings. The van der Waals surface area contributed by atoms with Gasteiger partial charge < -0.3 is 15.5 Å². The number of amides is 2. The van der Waals surface area contributed by atoms with E-state index in [1.54, 1.807) is 24.5 Å². The van der Waals surface area contributed by atoms with Crippen LogP contribution in [0.2, 0.25) is 0 Å². The second-order valence-electron chi connectivity index (χ2n) is 8.12. The fourth-order valence-corrected chi connectivity index (χ4v) is 3.62. The number of rotatable bonds is 7. The molecule has 0 spiro atoms. The fraction of sp³-hybridized carbons (Fsp3) is 0.435. The maximum Gasteiger partial charge on any atom is 0.309 e. The zero-order valence-electron chi connectivity index (χ0n) is 18.1. The lowest BCUT2D eigenvalue weighted by Crippen LogP contribution is -2.51. The highest BCUT2D eigenvalue weighted by molar-refractivity contribution is 6.35. The number of hydrogen-bond acceptors (Lipinski definition) is 5. The first-order valence-corrected chi connectivity index (χ1v) is 10.6. The molecule has 1 aromatic carbocycles. The van der Waals surface area contributed by atoms with Crippen LogP contribution in [0.4, 0.5) is 10.1 Å². The van der Waals surface area contributed by atoms with Crippen molar-refractivity contribution >= 4 is 17.5 Å². The van der Waals surface area contributed by atoms with Gasteiger partial charge in [-0.1, -0.05) is 19.9 Å². The van der Waals surface area contributed by atoms with Crippen LogP contribution < -0.4 is 15.5 Å². The molecule has 0 saturated carbocycles. The van der Waals surface area contributed by atoms with Crippen molar-refractivity contribution in [2.75, 3.05) is 44.2 Å². The van der Waals surface area contributed by atoms with Crippen LogP contribution in [-0.4, -0.2) is 61.0 Å². The quantitative estimate of drug-likeness (QED) is 0.661. The number of anilines is 1. The number of piperazine rings is 1. The first-order chi connectivity index (χ1) is 14.9. The Hall–Kier alpha value is -3.00. The molecule has 7 nitrogen and oxygen atoms in total. The number of aromatic nitrogens is 1. The van der Waals surface area contributed by atoms with Crippen LogP contribution >= 0.6 is 0 Å². The summed E-state index contributed by atoms with van der Waals surface area (Å²) in [7, 11) is 0. The van der Waals surface area contributed by atoms with E-state index in [1.165, 1.54) is 12.1 Å². The van der Waals surface area contributed by atoms with Gasteiger partial charge in [-0.25, -0.2) is 4.39 Å². The SMILES string of the molecule is CC(C)CNC(=O)C(=O)NC[C@@H](c1cccnc1)N1CCN(c2ccc(F)cc2)CC1. The molecule has 0 radical (unpaired) electrons. The van der Waals surface area contributed by atoms with Gasteiger partial charge in [0, 0.05) is 57.3 Å². The van der Waals surface area contributed by atoms with Gasteiger partial charge in [-0.2, -0.15) is 0 Å². The zero-order chi connectivity index (χ0) is 22.2. The molecule has 1 fully saturated rings. The summed E-state index contributed by atoms with van der Waals surface area (Å²) in [5.74, 6) is -1.20. The highest BCUT2D eigenvalue weighted by atomic mass is 19.1.